The Morgan fingerprint density at radius 1 is 0.750 bits per heavy atom. The quantitative estimate of drug-likeness (QED) is 0.132. The topological polar surface area (TPSA) is 25.8 Å². The molecule has 0 amide bonds. The third kappa shape index (κ3) is 6.60. The summed E-state index contributed by atoms with van der Waals surface area (Å²) in [6, 6.07) is 42.3. The zero-order valence-corrected chi connectivity index (χ0v) is 28.0. The summed E-state index contributed by atoms with van der Waals surface area (Å²) in [4.78, 5) is 9.14. The molecule has 0 spiro atoms. The maximum Gasteiger partial charge on any atom is 3.00 e. The number of aromatic nitrogens is 2. The van der Waals surface area contributed by atoms with E-state index in [1.54, 1.807) is 0 Å². The van der Waals surface area contributed by atoms with Crippen molar-refractivity contribution in [3.05, 3.63) is 151 Å². The fourth-order valence-electron chi connectivity index (χ4n) is 5.84. The third-order valence-electron chi connectivity index (χ3n) is 7.77. The second-order valence-electron chi connectivity index (χ2n) is 11.6. The molecule has 218 valence electrons. The fourth-order valence-corrected chi connectivity index (χ4v) is 5.84. The monoisotopic (exact) mass is 748 g/mol. The summed E-state index contributed by atoms with van der Waals surface area (Å²) in [7, 11) is 0. The van der Waals surface area contributed by atoms with Crippen molar-refractivity contribution in [1.82, 2.24) is 9.97 Å². The van der Waals surface area contributed by atoms with Crippen LogP contribution in [-0.4, -0.2) is 9.97 Å². The van der Waals surface area contributed by atoms with E-state index in [2.05, 4.69) is 117 Å². The Bertz CT molecular complexity index is 2040. The van der Waals surface area contributed by atoms with Gasteiger partial charge in [0.05, 0.1) is 11.3 Å². The number of nitrogens with zero attached hydrogens (tertiary/aromatic N) is 2. The summed E-state index contributed by atoms with van der Waals surface area (Å²) in [5, 5.41) is 6.08. The molecule has 0 aliphatic rings. The van der Waals surface area contributed by atoms with Crippen LogP contribution in [0.4, 0.5) is 0 Å². The van der Waals surface area contributed by atoms with Gasteiger partial charge in [-0.2, -0.15) is 12.5 Å². The fraction of sp³-hybridized carbons (Fsp3) is 0.146. The predicted octanol–water partition coefficient (Wildman–Crippen LogP) is 10.6. The average molecular weight is 748 g/mol. The summed E-state index contributed by atoms with van der Waals surface area (Å²) in [6.07, 6.45) is 3.01. The molecule has 1 heterocycles. The van der Waals surface area contributed by atoms with Gasteiger partial charge in [0.25, 0.3) is 0 Å². The van der Waals surface area contributed by atoms with Crippen molar-refractivity contribution in [2.75, 3.05) is 0 Å². The first-order valence-electron chi connectivity index (χ1n) is 14.9. The van der Waals surface area contributed by atoms with E-state index in [0.29, 0.717) is 11.7 Å². The van der Waals surface area contributed by atoms with Crippen LogP contribution in [0.2, 0.25) is 0 Å². The molecular formula is C41H35IrN2. The van der Waals surface area contributed by atoms with Crippen molar-refractivity contribution in [2.45, 2.75) is 34.1 Å². The Balaban J connectivity index is 0.000000172. The van der Waals surface area contributed by atoms with Crippen molar-refractivity contribution in [3.63, 3.8) is 0 Å². The van der Waals surface area contributed by atoms with E-state index >= 15 is 0 Å². The standard InChI is InChI=1S/C23H24.C18H11N2.Ir/c1-15(2)11-19-7-6-8-22-18(5)21(9-10-23(19)22)20-13-16(3)12-17(4)14-20;1-2-7-14(8-3-1)18-19-12-16-15-9-5-4-6-13(15)10-11-17(16)20-18;/h6-10,12-13,15H,5,11H2,1-4H3;1-7,9-12H;/q-2;-1;+3. The molecular weight excluding hydrogens is 713 g/mol. The van der Waals surface area contributed by atoms with Crippen LogP contribution in [0.25, 0.3) is 55.0 Å². The van der Waals surface area contributed by atoms with Crippen molar-refractivity contribution in [1.29, 1.82) is 0 Å². The van der Waals surface area contributed by atoms with Gasteiger partial charge in [0.15, 0.2) is 0 Å². The van der Waals surface area contributed by atoms with Crippen LogP contribution in [0.1, 0.15) is 36.1 Å². The molecule has 0 atom stereocenters. The van der Waals surface area contributed by atoms with E-state index in [4.69, 9.17) is 0 Å². The molecule has 0 N–H and O–H groups in total. The molecule has 1 aromatic heterocycles. The van der Waals surface area contributed by atoms with Gasteiger partial charge in [-0.25, -0.2) is 0 Å². The van der Waals surface area contributed by atoms with Gasteiger partial charge in [-0.15, -0.1) is 87.8 Å². The number of rotatable bonds is 4. The molecule has 0 unspecified atom stereocenters. The van der Waals surface area contributed by atoms with Crippen LogP contribution < -0.4 is 0 Å². The number of hydrogen-bond acceptors (Lipinski definition) is 2. The smallest absolute Gasteiger partial charge is 0.285 e. The van der Waals surface area contributed by atoms with Crippen LogP contribution in [0.5, 0.6) is 0 Å². The molecule has 7 aromatic rings. The molecule has 0 aliphatic heterocycles. The Morgan fingerprint density at radius 2 is 1.55 bits per heavy atom. The van der Waals surface area contributed by atoms with Crippen molar-refractivity contribution in [2.24, 2.45) is 5.92 Å². The minimum absolute atomic E-state index is 0. The van der Waals surface area contributed by atoms with Crippen LogP contribution in [0.15, 0.2) is 109 Å². The van der Waals surface area contributed by atoms with E-state index in [1.165, 1.54) is 43.8 Å². The molecule has 0 saturated heterocycles. The maximum atomic E-state index is 4.65. The molecule has 2 nitrogen and oxygen atoms in total. The summed E-state index contributed by atoms with van der Waals surface area (Å²) < 4.78 is 0. The van der Waals surface area contributed by atoms with E-state index < -0.39 is 0 Å². The van der Waals surface area contributed by atoms with Crippen molar-refractivity contribution >= 4 is 32.4 Å². The largest absolute Gasteiger partial charge is 3.00 e. The number of fused-ring (bicyclic) bond motifs is 4. The summed E-state index contributed by atoms with van der Waals surface area (Å²) in [5.41, 5.74) is 9.17. The first-order chi connectivity index (χ1) is 20.9. The Hall–Kier alpha value is -4.30. The maximum absolute atomic E-state index is 4.65. The zero-order chi connectivity index (χ0) is 29.9. The zero-order valence-electron chi connectivity index (χ0n) is 25.6. The van der Waals surface area contributed by atoms with Gasteiger partial charge >= 0.3 is 20.1 Å². The van der Waals surface area contributed by atoms with Gasteiger partial charge in [-0.05, 0) is 29.2 Å². The average Bonchev–Trinajstić information content (AvgIpc) is 3.01. The minimum atomic E-state index is 0. The molecule has 0 radical (unpaired) electrons. The number of benzene rings is 6. The van der Waals surface area contributed by atoms with E-state index in [0.717, 1.165) is 34.0 Å². The van der Waals surface area contributed by atoms with Crippen LogP contribution >= 0.6 is 0 Å². The van der Waals surface area contributed by atoms with E-state index in [9.17, 15) is 0 Å². The van der Waals surface area contributed by atoms with Gasteiger partial charge in [-0.1, -0.05) is 93.2 Å². The third-order valence-corrected chi connectivity index (χ3v) is 7.77. The second kappa shape index (κ2) is 13.6. The number of hydrogen-bond donors (Lipinski definition) is 0. The van der Waals surface area contributed by atoms with Crippen molar-refractivity contribution in [3.8, 4) is 22.5 Å². The summed E-state index contributed by atoms with van der Waals surface area (Å²) >= 11 is 0. The summed E-state index contributed by atoms with van der Waals surface area (Å²) in [6.45, 7) is 13.2. The van der Waals surface area contributed by atoms with Crippen LogP contribution in [-0.2, 0) is 26.5 Å². The Kier molecular flexibility index (Phi) is 9.59. The Morgan fingerprint density at radius 3 is 2.32 bits per heavy atom. The van der Waals surface area contributed by atoms with Gasteiger partial charge in [0, 0.05) is 11.6 Å². The number of aryl methyl sites for hydroxylation is 2. The molecule has 0 fully saturated rings. The molecule has 3 heteroatoms. The van der Waals surface area contributed by atoms with Gasteiger partial charge in [0.2, 0.25) is 0 Å². The second-order valence-corrected chi connectivity index (χ2v) is 11.6. The molecule has 0 saturated carbocycles. The summed E-state index contributed by atoms with van der Waals surface area (Å²) in [5.74, 6) is 1.37. The molecule has 6 aromatic carbocycles. The molecule has 0 aliphatic carbocycles. The van der Waals surface area contributed by atoms with Crippen molar-refractivity contribution < 1.29 is 20.1 Å². The normalized spacial score (nSPS) is 10.9. The molecule has 0 bridgehead atoms. The van der Waals surface area contributed by atoms with Gasteiger partial charge < -0.3 is 0 Å². The SMILES string of the molecule is [CH2-]c1c(-c2[c-]c(C)cc(C)c2)ccc2c(CC(C)C)cccc12.[Ir+3].[c-]1ccccc1-c1ncc2c(ccc3ccccc32)n1. The Labute approximate surface area is 274 Å². The molecule has 7 rings (SSSR count). The van der Waals surface area contributed by atoms with Crippen LogP contribution in [0, 0.1) is 38.8 Å². The minimum Gasteiger partial charge on any atom is -0.285 e. The molecule has 44 heavy (non-hydrogen) atoms. The predicted molar refractivity (Wildman–Crippen MR) is 182 cm³/mol. The first kappa shape index (κ1) is 31.1. The van der Waals surface area contributed by atoms with Crippen LogP contribution in [0.3, 0.4) is 0 Å². The van der Waals surface area contributed by atoms with E-state index in [-0.39, 0.29) is 20.1 Å². The van der Waals surface area contributed by atoms with E-state index in [1.807, 2.05) is 48.7 Å². The van der Waals surface area contributed by atoms with Gasteiger partial charge in [0.1, 0.15) is 0 Å². The van der Waals surface area contributed by atoms with Gasteiger partial charge in [-0.3, -0.25) is 9.97 Å². The first-order valence-corrected chi connectivity index (χ1v) is 14.9.